The number of hydrogen-bond acceptors (Lipinski definition) is 1. The summed E-state index contributed by atoms with van der Waals surface area (Å²) < 4.78 is 0. The van der Waals surface area contributed by atoms with Gasteiger partial charge in [-0.25, -0.2) is 0 Å². The molecular weight excluding hydrogens is 45.0 g/mol. The smallest absolute Gasteiger partial charge is 0.346 e. The summed E-state index contributed by atoms with van der Waals surface area (Å²) in [5.41, 5.74) is 0. The summed E-state index contributed by atoms with van der Waals surface area (Å²) in [7, 11) is 0. The predicted octanol–water partition coefficient (Wildman–Crippen LogP) is -1.99. The van der Waals surface area contributed by atoms with Gasteiger partial charge in [0.15, 0.2) is 0 Å². The molecule has 22 valence electrons. The third kappa shape index (κ3) is 20.0. The van der Waals surface area contributed by atoms with Crippen LogP contribution in [0.3, 0.4) is 0 Å². The van der Waals surface area contributed by atoms with Gasteiger partial charge in [-0.15, -0.1) is 0 Å². The Morgan fingerprint density at radius 3 is 1.25 bits per heavy atom. The van der Waals surface area contributed by atoms with E-state index in [0.29, 0.717) is 0 Å². The Bertz CT molecular complexity index is 6.00. The van der Waals surface area contributed by atoms with Crippen molar-refractivity contribution in [2.75, 3.05) is 0 Å². The fraction of sp³-hybridized carbons (Fsp3) is 0.500. The zero-order chi connectivity index (χ0) is 2.00. The predicted molar refractivity (Wildman–Crippen MR) is 16.1 cm³/mol. The molecule has 0 aliphatic carbocycles. The van der Waals surface area contributed by atoms with Gasteiger partial charge in [-0.05, 0) is 0 Å². The molecule has 3 N–H and O–H groups in total. The normalized spacial score (nSPS) is 1.50. The van der Waals surface area contributed by atoms with Gasteiger partial charge < -0.3 is 13.1 Å². The topological polar surface area (TPSA) is 35.0 Å². The van der Waals surface area contributed by atoms with Crippen LogP contribution >= 0.6 is 0 Å². The molecule has 4 heavy (non-hydrogen) atoms. The SMILES string of the molecule is N.[CH2-]C.[Li+]. The summed E-state index contributed by atoms with van der Waals surface area (Å²) in [5, 5.41) is 0. The monoisotopic (exact) mass is 53.1 g/mol. The Morgan fingerprint density at radius 2 is 1.25 bits per heavy atom. The maximum atomic E-state index is 3.25. The van der Waals surface area contributed by atoms with Gasteiger partial charge in [0, 0.05) is 0 Å². The van der Waals surface area contributed by atoms with E-state index in [1.165, 1.54) is 0 Å². The Morgan fingerprint density at radius 1 is 1.25 bits per heavy atom. The molecule has 2 heteroatoms. The second-order valence-corrected chi connectivity index (χ2v) is 0. The van der Waals surface area contributed by atoms with E-state index in [-0.39, 0.29) is 25.0 Å². The second kappa shape index (κ2) is 74.9. The molecule has 0 aromatic heterocycles. The molecule has 0 unspecified atom stereocenters. The van der Waals surface area contributed by atoms with Crippen molar-refractivity contribution >= 4 is 0 Å². The average Bonchev–Trinajstić information content (AvgIpc) is 1.00. The van der Waals surface area contributed by atoms with Crippen molar-refractivity contribution in [2.45, 2.75) is 6.92 Å². The molecule has 0 aliphatic heterocycles. The van der Waals surface area contributed by atoms with Crippen LogP contribution in [-0.2, 0) is 0 Å². The molecule has 0 spiro atoms. The van der Waals surface area contributed by atoms with E-state index in [0.717, 1.165) is 0 Å². The third-order valence-electron chi connectivity index (χ3n) is 0. The van der Waals surface area contributed by atoms with Gasteiger partial charge in [-0.1, -0.05) is 0 Å². The standard InChI is InChI=1S/C2H5.Li.H3N/c1-2;;/h1H2,2H3;;1H3/q-1;+1;. The first-order valence-corrected chi connectivity index (χ1v) is 0.707. The van der Waals surface area contributed by atoms with Crippen molar-refractivity contribution in [3.8, 4) is 0 Å². The minimum atomic E-state index is 0. The van der Waals surface area contributed by atoms with Gasteiger partial charge in [0.05, 0.1) is 0 Å². The Labute approximate surface area is 39.5 Å². The van der Waals surface area contributed by atoms with Gasteiger partial charge in [0.25, 0.3) is 0 Å². The Hall–Kier alpha value is 0.557. The molecule has 0 fully saturated rings. The van der Waals surface area contributed by atoms with Crippen LogP contribution in [-0.4, -0.2) is 0 Å². The number of rotatable bonds is 0. The third-order valence-corrected chi connectivity index (χ3v) is 0. The van der Waals surface area contributed by atoms with Crippen LogP contribution in [0.1, 0.15) is 6.92 Å². The number of hydrogen-bond donors (Lipinski definition) is 1. The van der Waals surface area contributed by atoms with Crippen LogP contribution in [0.5, 0.6) is 0 Å². The van der Waals surface area contributed by atoms with Crippen LogP contribution in [0, 0.1) is 6.92 Å². The minimum absolute atomic E-state index is 0. The van der Waals surface area contributed by atoms with E-state index in [2.05, 4.69) is 6.92 Å². The largest absolute Gasteiger partial charge is 1.00 e. The van der Waals surface area contributed by atoms with Gasteiger partial charge in [0.1, 0.15) is 0 Å². The average molecular weight is 53.0 g/mol. The van der Waals surface area contributed by atoms with E-state index in [1.807, 2.05) is 0 Å². The summed E-state index contributed by atoms with van der Waals surface area (Å²) in [4.78, 5) is 0. The zero-order valence-electron chi connectivity index (χ0n) is 3.41. The fourth-order valence-corrected chi connectivity index (χ4v) is 0. The zero-order valence-corrected chi connectivity index (χ0v) is 3.41. The van der Waals surface area contributed by atoms with Crippen molar-refractivity contribution in [3.05, 3.63) is 6.92 Å². The molecule has 0 saturated heterocycles. The molecule has 1 nitrogen and oxygen atoms in total. The molecule has 0 aromatic carbocycles. The van der Waals surface area contributed by atoms with E-state index >= 15 is 0 Å². The summed E-state index contributed by atoms with van der Waals surface area (Å²) in [5.74, 6) is 0. The Balaban J connectivity index is -0.00000000500. The summed E-state index contributed by atoms with van der Waals surface area (Å²) in [6.07, 6.45) is 0. The molecule has 0 radical (unpaired) electrons. The van der Waals surface area contributed by atoms with Crippen molar-refractivity contribution in [2.24, 2.45) is 0 Å². The van der Waals surface area contributed by atoms with Crippen LogP contribution in [0.25, 0.3) is 0 Å². The molecular formula is C2H8LiN. The van der Waals surface area contributed by atoms with Crippen molar-refractivity contribution in [3.63, 3.8) is 0 Å². The van der Waals surface area contributed by atoms with Crippen molar-refractivity contribution in [1.29, 1.82) is 0 Å². The van der Waals surface area contributed by atoms with Crippen molar-refractivity contribution < 1.29 is 18.9 Å². The van der Waals surface area contributed by atoms with Crippen LogP contribution < -0.4 is 25.0 Å². The Kier molecular flexibility index (Phi) is 445. The summed E-state index contributed by atoms with van der Waals surface area (Å²) >= 11 is 0. The van der Waals surface area contributed by atoms with Gasteiger partial charge in [0.2, 0.25) is 0 Å². The molecule has 0 atom stereocenters. The first-order valence-electron chi connectivity index (χ1n) is 0.707. The molecule has 0 bridgehead atoms. The molecule has 0 amide bonds. The molecule has 0 saturated carbocycles. The fourth-order valence-electron chi connectivity index (χ4n) is 0. The van der Waals surface area contributed by atoms with E-state index in [4.69, 9.17) is 0 Å². The second-order valence-electron chi connectivity index (χ2n) is 0. The first-order chi connectivity index (χ1) is 1.00. The van der Waals surface area contributed by atoms with Gasteiger partial charge >= 0.3 is 18.9 Å². The van der Waals surface area contributed by atoms with E-state index in [9.17, 15) is 0 Å². The van der Waals surface area contributed by atoms with E-state index in [1.54, 1.807) is 6.92 Å². The summed E-state index contributed by atoms with van der Waals surface area (Å²) in [6, 6.07) is 0. The molecule has 0 heterocycles. The van der Waals surface area contributed by atoms with Crippen LogP contribution in [0.4, 0.5) is 0 Å². The van der Waals surface area contributed by atoms with E-state index < -0.39 is 0 Å². The van der Waals surface area contributed by atoms with Crippen LogP contribution in [0.15, 0.2) is 0 Å². The molecule has 0 aliphatic rings. The molecule has 0 rings (SSSR count). The minimum Gasteiger partial charge on any atom is -0.346 e. The summed E-state index contributed by atoms with van der Waals surface area (Å²) in [6.45, 7) is 5.00. The van der Waals surface area contributed by atoms with Gasteiger partial charge in [-0.3, -0.25) is 0 Å². The first kappa shape index (κ1) is 23.8. The van der Waals surface area contributed by atoms with Gasteiger partial charge in [-0.2, -0.15) is 6.92 Å². The quantitative estimate of drug-likeness (QED) is 0.251. The molecule has 0 aromatic rings. The van der Waals surface area contributed by atoms with Crippen LogP contribution in [0.2, 0.25) is 0 Å². The van der Waals surface area contributed by atoms with Crippen molar-refractivity contribution in [1.82, 2.24) is 6.15 Å². The maximum Gasteiger partial charge on any atom is 1.00 e. The maximum absolute atomic E-state index is 3.25.